The Labute approximate surface area is 141 Å². The van der Waals surface area contributed by atoms with Crippen molar-refractivity contribution in [3.63, 3.8) is 0 Å². The number of pyridine rings is 1. The topological polar surface area (TPSA) is 71.1 Å². The number of rotatable bonds is 6. The fourth-order valence-electron chi connectivity index (χ4n) is 2.54. The summed E-state index contributed by atoms with van der Waals surface area (Å²) in [6, 6.07) is 2.69. The Morgan fingerprint density at radius 2 is 1.88 bits per heavy atom. The van der Waals surface area contributed by atoms with Crippen molar-refractivity contribution in [3.8, 4) is 0 Å². The maximum Gasteiger partial charge on any atom is 0.447 e. The molecule has 0 unspecified atom stereocenters. The minimum absolute atomic E-state index is 0.0311. The van der Waals surface area contributed by atoms with Gasteiger partial charge in [0.1, 0.15) is 5.03 Å². The molecule has 0 atom stereocenters. The second-order valence-corrected chi connectivity index (χ2v) is 6.49. The third kappa shape index (κ3) is 5.70. The number of nitrogens with zero attached hydrogens (tertiary/aromatic N) is 1. The average Bonchev–Trinajstić information content (AvgIpc) is 3.04. The van der Waals surface area contributed by atoms with E-state index in [2.05, 4.69) is 15.6 Å². The van der Waals surface area contributed by atoms with Gasteiger partial charge >= 0.3 is 5.51 Å². The molecule has 1 fully saturated rings. The van der Waals surface area contributed by atoms with E-state index in [0.717, 1.165) is 25.7 Å². The third-order valence-electron chi connectivity index (χ3n) is 3.66. The van der Waals surface area contributed by atoms with Gasteiger partial charge in [0.15, 0.2) is 0 Å². The number of hydrogen-bond donors (Lipinski definition) is 2. The normalized spacial score (nSPS) is 15.3. The van der Waals surface area contributed by atoms with Crippen LogP contribution in [0, 0.1) is 5.92 Å². The lowest BCUT2D eigenvalue weighted by Crippen LogP contribution is -2.37. The van der Waals surface area contributed by atoms with Crippen molar-refractivity contribution in [1.29, 1.82) is 0 Å². The van der Waals surface area contributed by atoms with Crippen LogP contribution in [0.3, 0.4) is 0 Å². The van der Waals surface area contributed by atoms with Gasteiger partial charge in [0.05, 0.1) is 5.56 Å². The fraction of sp³-hybridized carbons (Fsp3) is 0.533. The van der Waals surface area contributed by atoms with E-state index >= 15 is 0 Å². The Morgan fingerprint density at radius 3 is 2.54 bits per heavy atom. The maximum atomic E-state index is 12.5. The van der Waals surface area contributed by atoms with Crippen molar-refractivity contribution in [3.05, 3.63) is 23.9 Å². The van der Waals surface area contributed by atoms with Gasteiger partial charge in [-0.1, -0.05) is 12.8 Å². The van der Waals surface area contributed by atoms with Gasteiger partial charge < -0.3 is 10.6 Å². The van der Waals surface area contributed by atoms with Gasteiger partial charge in [-0.05, 0) is 25.0 Å². The molecule has 1 aromatic rings. The summed E-state index contributed by atoms with van der Waals surface area (Å²) in [6.45, 7) is 0.380. The van der Waals surface area contributed by atoms with Gasteiger partial charge in [0.2, 0.25) is 5.91 Å². The van der Waals surface area contributed by atoms with Gasteiger partial charge in [-0.25, -0.2) is 4.98 Å². The van der Waals surface area contributed by atoms with Gasteiger partial charge in [-0.3, -0.25) is 9.59 Å². The van der Waals surface area contributed by atoms with Crippen molar-refractivity contribution in [2.75, 3.05) is 13.1 Å². The Kier molecular flexibility index (Phi) is 6.47. The van der Waals surface area contributed by atoms with E-state index in [1.165, 1.54) is 18.3 Å². The molecule has 5 nitrogen and oxygen atoms in total. The summed E-state index contributed by atoms with van der Waals surface area (Å²) in [5.74, 6) is -0.643. The van der Waals surface area contributed by atoms with Crippen LogP contribution in [0.1, 0.15) is 36.0 Å². The van der Waals surface area contributed by atoms with E-state index in [0.29, 0.717) is 0 Å². The Hall–Kier alpha value is -1.77. The quantitative estimate of drug-likeness (QED) is 0.604. The standard InChI is InChI=1S/C15H18F3N3O2S/c16-15(17,18)24-14-11(6-3-7-21-14)13(23)20-9-8-19-12(22)10-4-1-2-5-10/h3,6-7,10H,1-2,4-5,8-9H2,(H,19,22)(H,20,23). The zero-order chi connectivity index (χ0) is 17.6. The van der Waals surface area contributed by atoms with Gasteiger partial charge in [0.25, 0.3) is 5.91 Å². The fourth-order valence-corrected chi connectivity index (χ4v) is 3.15. The van der Waals surface area contributed by atoms with Crippen LogP contribution in [0.5, 0.6) is 0 Å². The molecule has 1 heterocycles. The molecule has 0 aromatic carbocycles. The second-order valence-electron chi connectivity index (χ2n) is 5.43. The first-order chi connectivity index (χ1) is 11.4. The molecule has 1 saturated carbocycles. The number of nitrogens with one attached hydrogen (secondary N) is 2. The lowest BCUT2D eigenvalue weighted by Gasteiger charge is -2.12. The summed E-state index contributed by atoms with van der Waals surface area (Å²) in [4.78, 5) is 27.4. The smallest absolute Gasteiger partial charge is 0.354 e. The number of amides is 2. The van der Waals surface area contributed by atoms with E-state index in [4.69, 9.17) is 0 Å². The summed E-state index contributed by atoms with van der Waals surface area (Å²) >= 11 is -0.425. The van der Waals surface area contributed by atoms with Crippen molar-refractivity contribution in [2.45, 2.75) is 36.2 Å². The number of thioether (sulfide) groups is 1. The Bertz CT molecular complexity index is 590. The van der Waals surface area contributed by atoms with Crippen LogP contribution in [0.15, 0.2) is 23.4 Å². The summed E-state index contributed by atoms with van der Waals surface area (Å²) in [5, 5.41) is 4.84. The lowest BCUT2D eigenvalue weighted by molar-refractivity contribution is -0.124. The molecular weight excluding hydrogens is 343 g/mol. The molecule has 9 heteroatoms. The van der Waals surface area contributed by atoms with Crippen LogP contribution in [0.25, 0.3) is 0 Å². The molecule has 2 N–H and O–H groups in total. The van der Waals surface area contributed by atoms with Crippen LogP contribution < -0.4 is 10.6 Å². The number of hydrogen-bond acceptors (Lipinski definition) is 4. The molecule has 132 valence electrons. The molecular formula is C15H18F3N3O2S. The highest BCUT2D eigenvalue weighted by molar-refractivity contribution is 8.00. The van der Waals surface area contributed by atoms with Crippen LogP contribution >= 0.6 is 11.8 Å². The van der Waals surface area contributed by atoms with E-state index in [9.17, 15) is 22.8 Å². The number of aromatic nitrogens is 1. The Balaban J connectivity index is 1.81. The summed E-state index contributed by atoms with van der Waals surface area (Å²) in [6.07, 6.45) is 5.06. The molecule has 0 bridgehead atoms. The lowest BCUT2D eigenvalue weighted by atomic mass is 10.1. The molecule has 0 aliphatic heterocycles. The van der Waals surface area contributed by atoms with Crippen molar-refractivity contribution in [2.24, 2.45) is 5.92 Å². The zero-order valence-corrected chi connectivity index (χ0v) is 13.7. The molecule has 0 saturated heterocycles. The molecule has 0 spiro atoms. The molecule has 1 aliphatic rings. The van der Waals surface area contributed by atoms with Crippen LogP contribution in [-0.4, -0.2) is 35.4 Å². The van der Waals surface area contributed by atoms with Crippen LogP contribution in [-0.2, 0) is 4.79 Å². The Morgan fingerprint density at radius 1 is 1.21 bits per heavy atom. The first kappa shape index (κ1) is 18.6. The highest BCUT2D eigenvalue weighted by Crippen LogP contribution is 2.37. The number of carbonyl (C=O) groups is 2. The molecule has 2 amide bonds. The monoisotopic (exact) mass is 361 g/mol. The van der Waals surface area contributed by atoms with Crippen LogP contribution in [0.4, 0.5) is 13.2 Å². The number of alkyl halides is 3. The third-order valence-corrected chi connectivity index (χ3v) is 4.41. The summed E-state index contributed by atoms with van der Waals surface area (Å²) in [5.41, 5.74) is -4.65. The minimum atomic E-state index is -4.52. The average molecular weight is 361 g/mol. The molecule has 2 rings (SSSR count). The van der Waals surface area contributed by atoms with Crippen molar-refractivity contribution < 1.29 is 22.8 Å². The van der Waals surface area contributed by atoms with E-state index in [-0.39, 0.29) is 30.5 Å². The van der Waals surface area contributed by atoms with Gasteiger partial charge in [-0.2, -0.15) is 13.2 Å². The number of carbonyl (C=O) groups excluding carboxylic acids is 2. The van der Waals surface area contributed by atoms with Crippen molar-refractivity contribution in [1.82, 2.24) is 15.6 Å². The van der Waals surface area contributed by atoms with Gasteiger partial charge in [-0.15, -0.1) is 0 Å². The van der Waals surface area contributed by atoms with E-state index < -0.39 is 28.2 Å². The molecule has 1 aliphatic carbocycles. The molecule has 1 aromatic heterocycles. The highest BCUT2D eigenvalue weighted by Gasteiger charge is 2.32. The highest BCUT2D eigenvalue weighted by atomic mass is 32.2. The SMILES string of the molecule is O=C(NCCNC(=O)C1CCCC1)c1cccnc1SC(F)(F)F. The predicted octanol–water partition coefficient (Wildman–Crippen LogP) is 2.73. The first-order valence-electron chi connectivity index (χ1n) is 7.63. The van der Waals surface area contributed by atoms with Crippen LogP contribution in [0.2, 0.25) is 0 Å². The summed E-state index contributed by atoms with van der Waals surface area (Å²) < 4.78 is 37.4. The number of halogens is 3. The first-order valence-corrected chi connectivity index (χ1v) is 8.45. The van der Waals surface area contributed by atoms with E-state index in [1.807, 2.05) is 0 Å². The largest absolute Gasteiger partial charge is 0.447 e. The maximum absolute atomic E-state index is 12.5. The zero-order valence-electron chi connectivity index (χ0n) is 12.9. The molecule has 24 heavy (non-hydrogen) atoms. The van der Waals surface area contributed by atoms with E-state index in [1.54, 1.807) is 0 Å². The second kappa shape index (κ2) is 8.36. The van der Waals surface area contributed by atoms with Gasteiger partial charge in [0, 0.05) is 37.0 Å². The summed E-state index contributed by atoms with van der Waals surface area (Å²) in [7, 11) is 0. The predicted molar refractivity (Wildman–Crippen MR) is 83.4 cm³/mol. The minimum Gasteiger partial charge on any atom is -0.354 e. The molecule has 0 radical (unpaired) electrons. The van der Waals surface area contributed by atoms with Crippen molar-refractivity contribution >= 4 is 23.6 Å².